The van der Waals surface area contributed by atoms with E-state index in [4.69, 9.17) is 14.2 Å². The molecule has 0 aromatic heterocycles. The summed E-state index contributed by atoms with van der Waals surface area (Å²) in [6.07, 6.45) is 42.3. The Kier molecular flexibility index (Phi) is 42.3. The maximum atomic E-state index is 12.7. The summed E-state index contributed by atoms with van der Waals surface area (Å²) in [5.41, 5.74) is 0. The molecule has 0 aromatic rings. The molecule has 2 unspecified atom stereocenters. The average molecular weight is 821 g/mol. The van der Waals surface area contributed by atoms with Gasteiger partial charge in [0.05, 0.1) is 0 Å². The minimum Gasteiger partial charge on any atom is -0.462 e. The molecule has 58 heavy (non-hydrogen) atoms. The molecule has 0 bridgehead atoms. The fourth-order valence-corrected chi connectivity index (χ4v) is 7.70. The van der Waals surface area contributed by atoms with Crippen molar-refractivity contribution in [3.63, 3.8) is 0 Å². The SMILES string of the molecule is CCC(C)CCCCCCCCCCCCCCCCC(=O)OC[C@H](COC(=O)CCCCCCCCCCC(C)CC)OC(=O)CCCCCCCCCC(C)C. The second kappa shape index (κ2) is 43.5. The number of hydrogen-bond acceptors (Lipinski definition) is 6. The Labute approximate surface area is 361 Å². The second-order valence-corrected chi connectivity index (χ2v) is 18.8. The molecule has 344 valence electrons. The normalized spacial score (nSPS) is 13.1. The number of hydrogen-bond donors (Lipinski definition) is 0. The highest BCUT2D eigenvalue weighted by molar-refractivity contribution is 5.71. The first-order chi connectivity index (χ1) is 28.2. The summed E-state index contributed by atoms with van der Waals surface area (Å²) >= 11 is 0. The van der Waals surface area contributed by atoms with E-state index in [-0.39, 0.29) is 31.1 Å². The molecule has 0 aromatic carbocycles. The van der Waals surface area contributed by atoms with Gasteiger partial charge in [0.2, 0.25) is 0 Å². The first-order valence-electron chi connectivity index (χ1n) is 25.7. The van der Waals surface area contributed by atoms with E-state index in [1.54, 1.807) is 0 Å². The van der Waals surface area contributed by atoms with E-state index in [0.717, 1.165) is 75.5 Å². The first-order valence-corrected chi connectivity index (χ1v) is 25.7. The zero-order chi connectivity index (χ0) is 42.7. The molecular weight excluding hydrogens is 721 g/mol. The van der Waals surface area contributed by atoms with E-state index in [0.29, 0.717) is 19.3 Å². The van der Waals surface area contributed by atoms with Crippen LogP contribution in [0.1, 0.15) is 279 Å². The van der Waals surface area contributed by atoms with Crippen LogP contribution in [-0.2, 0) is 28.6 Å². The van der Waals surface area contributed by atoms with Crippen LogP contribution in [0, 0.1) is 17.8 Å². The molecule has 6 nitrogen and oxygen atoms in total. The number of carbonyl (C=O) groups is 3. The van der Waals surface area contributed by atoms with Gasteiger partial charge in [-0.05, 0) is 37.0 Å². The number of carbonyl (C=O) groups excluding carboxylic acids is 3. The van der Waals surface area contributed by atoms with E-state index in [2.05, 4.69) is 41.5 Å². The van der Waals surface area contributed by atoms with Gasteiger partial charge in [-0.3, -0.25) is 14.4 Å². The van der Waals surface area contributed by atoms with Crippen LogP contribution in [-0.4, -0.2) is 37.2 Å². The van der Waals surface area contributed by atoms with Gasteiger partial charge in [0, 0.05) is 19.3 Å². The Hall–Kier alpha value is -1.59. The molecule has 0 saturated carbocycles. The molecule has 0 radical (unpaired) electrons. The molecule has 0 aliphatic heterocycles. The van der Waals surface area contributed by atoms with Gasteiger partial charge >= 0.3 is 17.9 Å². The van der Waals surface area contributed by atoms with Crippen LogP contribution in [0.2, 0.25) is 0 Å². The van der Waals surface area contributed by atoms with Gasteiger partial charge in [-0.25, -0.2) is 0 Å². The van der Waals surface area contributed by atoms with Crippen molar-refractivity contribution in [3.05, 3.63) is 0 Å². The average Bonchev–Trinajstić information content (AvgIpc) is 3.21. The van der Waals surface area contributed by atoms with Crippen molar-refractivity contribution in [2.24, 2.45) is 17.8 Å². The summed E-state index contributed by atoms with van der Waals surface area (Å²) in [6.45, 7) is 13.7. The second-order valence-electron chi connectivity index (χ2n) is 18.8. The summed E-state index contributed by atoms with van der Waals surface area (Å²) < 4.78 is 16.8. The van der Waals surface area contributed by atoms with Gasteiger partial charge in [-0.1, -0.05) is 241 Å². The summed E-state index contributed by atoms with van der Waals surface area (Å²) in [5.74, 6) is 1.66. The van der Waals surface area contributed by atoms with E-state index in [1.165, 1.54) is 161 Å². The van der Waals surface area contributed by atoms with Gasteiger partial charge in [0.1, 0.15) is 13.2 Å². The van der Waals surface area contributed by atoms with Crippen LogP contribution in [0.5, 0.6) is 0 Å². The molecule has 0 heterocycles. The molecule has 0 rings (SSSR count). The zero-order valence-electron chi connectivity index (χ0n) is 39.8. The van der Waals surface area contributed by atoms with E-state index in [1.807, 2.05) is 0 Å². The van der Waals surface area contributed by atoms with Gasteiger partial charge in [-0.2, -0.15) is 0 Å². The Morgan fingerprint density at radius 1 is 0.345 bits per heavy atom. The lowest BCUT2D eigenvalue weighted by molar-refractivity contribution is -0.167. The zero-order valence-corrected chi connectivity index (χ0v) is 39.8. The quantitative estimate of drug-likeness (QED) is 0.0346. The molecule has 0 aliphatic rings. The van der Waals surface area contributed by atoms with Gasteiger partial charge in [0.15, 0.2) is 6.10 Å². The molecule has 0 aliphatic carbocycles. The van der Waals surface area contributed by atoms with Crippen molar-refractivity contribution in [2.45, 2.75) is 285 Å². The molecular formula is C52H100O6. The molecule has 0 spiro atoms. The van der Waals surface area contributed by atoms with Crippen LogP contribution in [0.3, 0.4) is 0 Å². The van der Waals surface area contributed by atoms with Gasteiger partial charge < -0.3 is 14.2 Å². The Morgan fingerprint density at radius 3 is 0.897 bits per heavy atom. The predicted molar refractivity (Wildman–Crippen MR) is 247 cm³/mol. The predicted octanol–water partition coefficient (Wildman–Crippen LogP) is 16.4. The van der Waals surface area contributed by atoms with Crippen LogP contribution in [0.15, 0.2) is 0 Å². The summed E-state index contributed by atoms with van der Waals surface area (Å²) in [5, 5.41) is 0. The summed E-state index contributed by atoms with van der Waals surface area (Å²) in [7, 11) is 0. The van der Waals surface area contributed by atoms with Crippen LogP contribution >= 0.6 is 0 Å². The van der Waals surface area contributed by atoms with Crippen molar-refractivity contribution in [1.82, 2.24) is 0 Å². The largest absolute Gasteiger partial charge is 0.462 e. The lowest BCUT2D eigenvalue weighted by Crippen LogP contribution is -2.30. The Bertz CT molecular complexity index is 902. The smallest absolute Gasteiger partial charge is 0.306 e. The van der Waals surface area contributed by atoms with Crippen LogP contribution in [0.4, 0.5) is 0 Å². The fourth-order valence-electron chi connectivity index (χ4n) is 7.70. The number of ether oxygens (including phenoxy) is 3. The molecule has 6 heteroatoms. The monoisotopic (exact) mass is 821 g/mol. The lowest BCUT2D eigenvalue weighted by atomic mass is 9.99. The highest BCUT2D eigenvalue weighted by Crippen LogP contribution is 2.18. The van der Waals surface area contributed by atoms with E-state index >= 15 is 0 Å². The van der Waals surface area contributed by atoms with E-state index < -0.39 is 6.10 Å². The van der Waals surface area contributed by atoms with Crippen molar-refractivity contribution < 1.29 is 28.6 Å². The topological polar surface area (TPSA) is 78.9 Å². The van der Waals surface area contributed by atoms with Crippen molar-refractivity contribution in [3.8, 4) is 0 Å². The number of rotatable bonds is 45. The summed E-state index contributed by atoms with van der Waals surface area (Å²) in [4.78, 5) is 37.9. The molecule has 0 amide bonds. The summed E-state index contributed by atoms with van der Waals surface area (Å²) in [6, 6.07) is 0. The first kappa shape index (κ1) is 56.4. The number of esters is 3. The number of unbranched alkanes of at least 4 members (excludes halogenated alkanes) is 26. The van der Waals surface area contributed by atoms with Gasteiger partial charge in [-0.15, -0.1) is 0 Å². The van der Waals surface area contributed by atoms with Crippen LogP contribution in [0.25, 0.3) is 0 Å². The Morgan fingerprint density at radius 2 is 0.603 bits per heavy atom. The van der Waals surface area contributed by atoms with Crippen molar-refractivity contribution in [1.29, 1.82) is 0 Å². The third-order valence-corrected chi connectivity index (χ3v) is 12.4. The minimum atomic E-state index is -0.763. The third-order valence-electron chi connectivity index (χ3n) is 12.4. The van der Waals surface area contributed by atoms with Crippen LogP contribution < -0.4 is 0 Å². The molecule has 3 atom stereocenters. The fraction of sp³-hybridized carbons (Fsp3) is 0.942. The van der Waals surface area contributed by atoms with E-state index in [9.17, 15) is 14.4 Å². The lowest BCUT2D eigenvalue weighted by Gasteiger charge is -2.18. The van der Waals surface area contributed by atoms with Crippen molar-refractivity contribution >= 4 is 17.9 Å². The minimum absolute atomic E-state index is 0.0657. The highest BCUT2D eigenvalue weighted by atomic mass is 16.6. The molecule has 0 saturated heterocycles. The maximum absolute atomic E-state index is 12.7. The highest BCUT2D eigenvalue weighted by Gasteiger charge is 2.19. The standard InChI is InChI=1S/C52H100O6/c1-7-47(5)39-33-27-21-15-13-11-9-10-12-14-16-23-29-35-41-50(53)56-44-49(58-52(55)43-37-31-25-19-20-26-32-38-46(3)4)45-57-51(54)42-36-30-24-18-17-22-28-34-40-48(6)8-2/h46-49H,7-45H2,1-6H3/t47?,48?,49-/m1/s1. The molecule has 0 N–H and O–H groups in total. The van der Waals surface area contributed by atoms with Crippen molar-refractivity contribution in [2.75, 3.05) is 13.2 Å². The maximum Gasteiger partial charge on any atom is 0.306 e. The Balaban J connectivity index is 4.26. The van der Waals surface area contributed by atoms with Gasteiger partial charge in [0.25, 0.3) is 0 Å². The third kappa shape index (κ3) is 42.5. The molecule has 0 fully saturated rings.